The van der Waals surface area contributed by atoms with Gasteiger partial charge in [-0.3, -0.25) is 4.72 Å². The summed E-state index contributed by atoms with van der Waals surface area (Å²) < 4.78 is 5.06. The number of nitrogens with one attached hydrogen (secondary N) is 2. The first kappa shape index (κ1) is 17.9. The molecule has 130 valence electrons. The van der Waals surface area contributed by atoms with E-state index >= 15 is 0 Å². The smallest absolute Gasteiger partial charge is 0.0951 e. The predicted octanol–water partition coefficient (Wildman–Crippen LogP) is 5.33. The Morgan fingerprint density at radius 3 is 2.60 bits per heavy atom. The van der Waals surface area contributed by atoms with E-state index < -0.39 is 0 Å². The van der Waals surface area contributed by atoms with E-state index in [0.717, 1.165) is 43.7 Å². The average molecular weight is 373 g/mol. The lowest BCUT2D eigenvalue weighted by atomic mass is 10.1. The Labute approximate surface area is 157 Å². The van der Waals surface area contributed by atoms with E-state index in [1.54, 1.807) is 11.9 Å². The SMILES string of the molecule is CNSc1ccc(Nc2cc(C)c(C)c(Cl)c2)c(-c2cn(C)cn2)c1. The normalized spacial score (nSPS) is 10.9. The van der Waals surface area contributed by atoms with Gasteiger partial charge in [-0.1, -0.05) is 11.6 Å². The van der Waals surface area contributed by atoms with Gasteiger partial charge in [0.2, 0.25) is 0 Å². The maximum atomic E-state index is 6.34. The standard InChI is InChI=1S/C19H21ClN4S/c1-12-7-14(8-17(20)13(12)2)23-18-6-5-15(25-21-3)9-16(18)19-10-24(4)11-22-19/h5-11,21,23H,1-4H3. The molecule has 4 nitrogen and oxygen atoms in total. The lowest BCUT2D eigenvalue weighted by Crippen LogP contribution is -1.97. The highest BCUT2D eigenvalue weighted by Crippen LogP contribution is 2.34. The fourth-order valence-corrected chi connectivity index (χ4v) is 3.44. The Morgan fingerprint density at radius 1 is 1.16 bits per heavy atom. The molecule has 0 aliphatic heterocycles. The second-order valence-corrected chi connectivity index (χ2v) is 7.45. The summed E-state index contributed by atoms with van der Waals surface area (Å²) in [7, 11) is 3.88. The second kappa shape index (κ2) is 7.52. The molecule has 3 rings (SSSR count). The molecular weight excluding hydrogens is 352 g/mol. The minimum absolute atomic E-state index is 0.768. The van der Waals surface area contributed by atoms with Crippen LogP contribution in [0.1, 0.15) is 11.1 Å². The van der Waals surface area contributed by atoms with Crippen molar-refractivity contribution in [3.8, 4) is 11.3 Å². The van der Waals surface area contributed by atoms with Crippen molar-refractivity contribution in [2.24, 2.45) is 7.05 Å². The van der Waals surface area contributed by atoms with Crippen molar-refractivity contribution in [2.45, 2.75) is 18.7 Å². The quantitative estimate of drug-likeness (QED) is 0.594. The van der Waals surface area contributed by atoms with E-state index in [-0.39, 0.29) is 0 Å². The minimum atomic E-state index is 0.768. The number of rotatable bonds is 5. The van der Waals surface area contributed by atoms with Crippen molar-refractivity contribution in [1.29, 1.82) is 0 Å². The molecule has 1 aromatic heterocycles. The monoisotopic (exact) mass is 372 g/mol. The van der Waals surface area contributed by atoms with Crippen molar-refractivity contribution < 1.29 is 0 Å². The molecule has 6 heteroatoms. The maximum absolute atomic E-state index is 6.34. The summed E-state index contributed by atoms with van der Waals surface area (Å²) in [6.07, 6.45) is 3.82. The van der Waals surface area contributed by atoms with E-state index in [4.69, 9.17) is 11.6 Å². The van der Waals surface area contributed by atoms with Crippen LogP contribution in [-0.4, -0.2) is 16.6 Å². The van der Waals surface area contributed by atoms with Crippen LogP contribution in [0.5, 0.6) is 0 Å². The Morgan fingerprint density at radius 2 is 1.96 bits per heavy atom. The van der Waals surface area contributed by atoms with Crippen molar-refractivity contribution in [1.82, 2.24) is 14.3 Å². The Kier molecular flexibility index (Phi) is 5.37. The third kappa shape index (κ3) is 4.00. The summed E-state index contributed by atoms with van der Waals surface area (Å²) >= 11 is 7.92. The third-order valence-electron chi connectivity index (χ3n) is 4.07. The van der Waals surface area contributed by atoms with Gasteiger partial charge in [0.1, 0.15) is 0 Å². The number of imidazole rings is 1. The number of halogens is 1. The Balaban J connectivity index is 2.03. The van der Waals surface area contributed by atoms with Crippen LogP contribution in [-0.2, 0) is 7.05 Å². The van der Waals surface area contributed by atoms with Gasteiger partial charge in [-0.25, -0.2) is 4.98 Å². The third-order valence-corrected chi connectivity index (χ3v) is 5.16. The number of anilines is 2. The zero-order chi connectivity index (χ0) is 18.0. The van der Waals surface area contributed by atoms with E-state index in [0.29, 0.717) is 0 Å². The molecule has 0 radical (unpaired) electrons. The van der Waals surface area contributed by atoms with Crippen LogP contribution in [0, 0.1) is 13.8 Å². The fraction of sp³-hybridized carbons (Fsp3) is 0.211. The lowest BCUT2D eigenvalue weighted by molar-refractivity contribution is 0.913. The fourth-order valence-electron chi connectivity index (χ4n) is 2.62. The van der Waals surface area contributed by atoms with Crippen LogP contribution in [0.25, 0.3) is 11.3 Å². The van der Waals surface area contributed by atoms with Gasteiger partial charge in [0.15, 0.2) is 0 Å². The molecule has 1 heterocycles. The number of nitrogens with zero attached hydrogens (tertiary/aromatic N) is 2. The largest absolute Gasteiger partial charge is 0.355 e. The van der Waals surface area contributed by atoms with Crippen LogP contribution in [0.2, 0.25) is 5.02 Å². The molecule has 3 aromatic rings. The van der Waals surface area contributed by atoms with Gasteiger partial charge < -0.3 is 9.88 Å². The first-order chi connectivity index (χ1) is 12.0. The summed E-state index contributed by atoms with van der Waals surface area (Å²) in [5, 5.41) is 4.26. The second-order valence-electron chi connectivity index (χ2n) is 5.96. The molecule has 0 spiro atoms. The van der Waals surface area contributed by atoms with E-state index in [2.05, 4.69) is 46.2 Å². The zero-order valence-corrected chi connectivity index (χ0v) is 16.3. The van der Waals surface area contributed by atoms with Crippen molar-refractivity contribution in [3.05, 3.63) is 59.0 Å². The molecule has 2 N–H and O–H groups in total. The number of aryl methyl sites for hydroxylation is 2. The first-order valence-electron chi connectivity index (χ1n) is 7.97. The van der Waals surface area contributed by atoms with Crippen molar-refractivity contribution >= 4 is 34.9 Å². The maximum Gasteiger partial charge on any atom is 0.0951 e. The number of hydrogen-bond donors (Lipinski definition) is 2. The lowest BCUT2D eigenvalue weighted by Gasteiger charge is -2.14. The number of hydrogen-bond acceptors (Lipinski definition) is 4. The van der Waals surface area contributed by atoms with Gasteiger partial charge in [0.05, 0.1) is 12.0 Å². The summed E-state index contributed by atoms with van der Waals surface area (Å²) in [5.41, 5.74) is 6.22. The highest BCUT2D eigenvalue weighted by atomic mass is 35.5. The zero-order valence-electron chi connectivity index (χ0n) is 14.7. The molecule has 0 aliphatic carbocycles. The van der Waals surface area contributed by atoms with Gasteiger partial charge in [-0.2, -0.15) is 0 Å². The molecular formula is C19H21ClN4S. The molecule has 0 fully saturated rings. The molecule has 0 amide bonds. The topological polar surface area (TPSA) is 41.9 Å². The molecule has 0 bridgehead atoms. The molecule has 0 unspecified atom stereocenters. The molecule has 0 atom stereocenters. The Bertz CT molecular complexity index is 881. The van der Waals surface area contributed by atoms with E-state index in [1.807, 2.05) is 44.2 Å². The van der Waals surface area contributed by atoms with Crippen LogP contribution in [0.3, 0.4) is 0 Å². The Hall–Kier alpha value is -1.95. The van der Waals surface area contributed by atoms with Gasteiger partial charge in [0.25, 0.3) is 0 Å². The highest BCUT2D eigenvalue weighted by molar-refractivity contribution is 7.97. The van der Waals surface area contributed by atoms with Crippen molar-refractivity contribution in [2.75, 3.05) is 12.4 Å². The predicted molar refractivity (Wildman–Crippen MR) is 108 cm³/mol. The summed E-state index contributed by atoms with van der Waals surface area (Å²) in [4.78, 5) is 5.64. The van der Waals surface area contributed by atoms with Gasteiger partial charge in [-0.05, 0) is 74.3 Å². The van der Waals surface area contributed by atoms with Gasteiger partial charge in [-0.15, -0.1) is 0 Å². The van der Waals surface area contributed by atoms with Crippen molar-refractivity contribution in [3.63, 3.8) is 0 Å². The summed E-state index contributed by atoms with van der Waals surface area (Å²) in [6.45, 7) is 4.10. The van der Waals surface area contributed by atoms with Gasteiger partial charge >= 0.3 is 0 Å². The van der Waals surface area contributed by atoms with E-state index in [9.17, 15) is 0 Å². The minimum Gasteiger partial charge on any atom is -0.355 e. The summed E-state index contributed by atoms with van der Waals surface area (Å²) in [5.74, 6) is 0. The highest BCUT2D eigenvalue weighted by Gasteiger charge is 2.11. The van der Waals surface area contributed by atoms with Crippen LogP contribution in [0.15, 0.2) is 47.8 Å². The van der Waals surface area contributed by atoms with Crippen LogP contribution >= 0.6 is 23.5 Å². The first-order valence-corrected chi connectivity index (χ1v) is 9.17. The molecule has 0 saturated heterocycles. The molecule has 25 heavy (non-hydrogen) atoms. The number of benzene rings is 2. The average Bonchev–Trinajstić information content (AvgIpc) is 3.00. The number of aromatic nitrogens is 2. The summed E-state index contributed by atoms with van der Waals surface area (Å²) in [6, 6.07) is 10.4. The molecule has 0 saturated carbocycles. The van der Waals surface area contributed by atoms with Gasteiger partial charge in [0, 0.05) is 40.1 Å². The molecule has 0 aliphatic rings. The molecule has 2 aromatic carbocycles. The van der Waals surface area contributed by atoms with Crippen LogP contribution in [0.4, 0.5) is 11.4 Å². The van der Waals surface area contributed by atoms with Crippen LogP contribution < -0.4 is 10.0 Å². The van der Waals surface area contributed by atoms with E-state index in [1.165, 1.54) is 0 Å².